The molecule has 0 amide bonds. The third-order valence-corrected chi connectivity index (χ3v) is 5.36. The fourth-order valence-corrected chi connectivity index (χ4v) is 4.55. The van der Waals surface area contributed by atoms with Crippen LogP contribution in [0.4, 0.5) is 0 Å². The first-order valence-electron chi connectivity index (χ1n) is 5.52. The molecule has 0 N–H and O–H groups in total. The van der Waals surface area contributed by atoms with Crippen LogP contribution in [0.15, 0.2) is 24.3 Å². The second kappa shape index (κ2) is 3.14. The van der Waals surface area contributed by atoms with Gasteiger partial charge in [0, 0.05) is 6.61 Å². The van der Waals surface area contributed by atoms with Gasteiger partial charge in [-0.3, -0.25) is 0 Å². The van der Waals surface area contributed by atoms with Crippen molar-refractivity contribution in [2.24, 2.45) is 0 Å². The molecule has 2 spiro atoms. The van der Waals surface area contributed by atoms with Gasteiger partial charge < -0.3 is 4.74 Å². The molecule has 2 heteroatoms. The van der Waals surface area contributed by atoms with E-state index in [9.17, 15) is 0 Å². The van der Waals surface area contributed by atoms with E-state index in [1.54, 1.807) is 0 Å². The van der Waals surface area contributed by atoms with Gasteiger partial charge in [0.15, 0.2) is 0 Å². The predicted molar refractivity (Wildman–Crippen MR) is 60.6 cm³/mol. The summed E-state index contributed by atoms with van der Waals surface area (Å²) in [5.74, 6) is 1.29. The van der Waals surface area contributed by atoms with Crippen molar-refractivity contribution in [3.05, 3.63) is 24.3 Å². The Kier molecular flexibility index (Phi) is 2.03. The minimum absolute atomic E-state index is 0.0446. The molecule has 2 aliphatic heterocycles. The Morgan fingerprint density at radius 1 is 1.07 bits per heavy atom. The molecular weight excluding hydrogens is 192 g/mol. The summed E-state index contributed by atoms with van der Waals surface area (Å²) in [7, 11) is 0. The topological polar surface area (TPSA) is 9.23 Å². The van der Waals surface area contributed by atoms with Gasteiger partial charge in [0.2, 0.25) is 0 Å². The van der Waals surface area contributed by atoms with E-state index in [1.165, 1.54) is 31.4 Å². The van der Waals surface area contributed by atoms with E-state index in [4.69, 9.17) is 4.74 Å². The van der Waals surface area contributed by atoms with Crippen LogP contribution in [0.25, 0.3) is 0 Å². The summed E-state index contributed by atoms with van der Waals surface area (Å²) in [5, 5.41) is 0. The van der Waals surface area contributed by atoms with Crippen molar-refractivity contribution < 1.29 is 4.74 Å². The smallest absolute Gasteiger partial charge is 0.105 e. The molecule has 0 radical (unpaired) electrons. The molecule has 3 aliphatic rings. The maximum absolute atomic E-state index is 6.06. The first-order valence-corrected chi connectivity index (χ1v) is 6.51. The Hall–Kier alpha value is -0.210. The van der Waals surface area contributed by atoms with Gasteiger partial charge in [-0.15, -0.1) is 11.8 Å². The van der Waals surface area contributed by atoms with E-state index >= 15 is 0 Å². The zero-order valence-electron chi connectivity index (χ0n) is 8.37. The maximum atomic E-state index is 6.06. The molecule has 1 aliphatic carbocycles. The number of rotatable bonds is 0. The van der Waals surface area contributed by atoms with E-state index < -0.39 is 0 Å². The highest BCUT2D eigenvalue weighted by Crippen LogP contribution is 2.54. The molecular formula is C12H16OS. The van der Waals surface area contributed by atoms with Crippen LogP contribution in [0, 0.1) is 0 Å². The summed E-state index contributed by atoms with van der Waals surface area (Å²) in [4.78, 5) is 0. The molecule has 0 bridgehead atoms. The molecule has 76 valence electrons. The third-order valence-electron chi connectivity index (χ3n) is 3.66. The summed E-state index contributed by atoms with van der Waals surface area (Å²) < 4.78 is 6.34. The first-order chi connectivity index (χ1) is 6.87. The van der Waals surface area contributed by atoms with Gasteiger partial charge in [-0.25, -0.2) is 0 Å². The highest BCUT2D eigenvalue weighted by Gasteiger charge is 2.53. The van der Waals surface area contributed by atoms with Gasteiger partial charge in [0.25, 0.3) is 0 Å². The largest absolute Gasteiger partial charge is 0.369 e. The van der Waals surface area contributed by atoms with Crippen molar-refractivity contribution in [3.8, 4) is 0 Å². The van der Waals surface area contributed by atoms with E-state index in [0.29, 0.717) is 0 Å². The molecule has 0 aromatic heterocycles. The third kappa shape index (κ3) is 1.07. The Morgan fingerprint density at radius 3 is 2.71 bits per heavy atom. The maximum Gasteiger partial charge on any atom is 0.105 e. The van der Waals surface area contributed by atoms with Crippen LogP contribution < -0.4 is 0 Å². The van der Waals surface area contributed by atoms with E-state index in [1.807, 2.05) is 0 Å². The van der Waals surface area contributed by atoms with Crippen LogP contribution >= 0.6 is 11.8 Å². The molecule has 0 unspecified atom stereocenters. The van der Waals surface area contributed by atoms with Crippen molar-refractivity contribution in [1.82, 2.24) is 0 Å². The molecule has 0 aromatic carbocycles. The monoisotopic (exact) mass is 208 g/mol. The predicted octanol–water partition coefficient (Wildman–Crippen LogP) is 2.93. The van der Waals surface area contributed by atoms with Gasteiger partial charge in [-0.05, 0) is 31.4 Å². The zero-order chi connectivity index (χ0) is 9.49. The first kappa shape index (κ1) is 9.05. The molecule has 14 heavy (non-hydrogen) atoms. The quantitative estimate of drug-likeness (QED) is 0.605. The Labute approximate surface area is 89.6 Å². The normalized spacial score (nSPS) is 45.7. The van der Waals surface area contributed by atoms with Crippen LogP contribution in [0.1, 0.15) is 25.7 Å². The lowest BCUT2D eigenvalue weighted by Crippen LogP contribution is -2.48. The standard InChI is InChI=1S/C12H16OS/c1-2-7-12(8-4-10-14-12)11(5-1)6-3-9-13-11/h1-2,5,7H,3-4,6,8-10H2/t11-,12+/m1/s1. The van der Waals surface area contributed by atoms with Gasteiger partial charge in [-0.2, -0.15) is 0 Å². The van der Waals surface area contributed by atoms with Crippen LogP contribution in [0.2, 0.25) is 0 Å². The SMILES string of the molecule is C1=C[C@@]2(CCCO2)[C@]2(C=C1)CCCS2. The van der Waals surface area contributed by atoms with Crippen LogP contribution in [0.5, 0.6) is 0 Å². The number of fused-ring (bicyclic) bond motifs is 1. The van der Waals surface area contributed by atoms with E-state index in [-0.39, 0.29) is 10.3 Å². The van der Waals surface area contributed by atoms with E-state index in [2.05, 4.69) is 36.1 Å². The van der Waals surface area contributed by atoms with Crippen LogP contribution in [-0.2, 0) is 4.74 Å². The summed E-state index contributed by atoms with van der Waals surface area (Å²) >= 11 is 2.10. The average molecular weight is 208 g/mol. The Morgan fingerprint density at radius 2 is 2.00 bits per heavy atom. The molecule has 0 aromatic rings. The molecule has 2 heterocycles. The molecule has 2 atom stereocenters. The van der Waals surface area contributed by atoms with Gasteiger partial charge in [0.1, 0.15) is 5.60 Å². The van der Waals surface area contributed by atoms with Crippen molar-refractivity contribution in [3.63, 3.8) is 0 Å². The minimum atomic E-state index is 0.0446. The summed E-state index contributed by atoms with van der Waals surface area (Å²) in [6.07, 6.45) is 14.1. The average Bonchev–Trinajstić information content (AvgIpc) is 2.81. The molecule has 2 saturated heterocycles. The highest BCUT2D eigenvalue weighted by atomic mass is 32.2. The number of hydrogen-bond acceptors (Lipinski definition) is 2. The van der Waals surface area contributed by atoms with Crippen molar-refractivity contribution >= 4 is 11.8 Å². The van der Waals surface area contributed by atoms with Gasteiger partial charge in [0.05, 0.1) is 4.75 Å². The fraction of sp³-hybridized carbons (Fsp3) is 0.667. The zero-order valence-corrected chi connectivity index (χ0v) is 9.19. The van der Waals surface area contributed by atoms with Crippen molar-refractivity contribution in [2.75, 3.05) is 12.4 Å². The lowest BCUT2D eigenvalue weighted by molar-refractivity contribution is 0.0228. The van der Waals surface area contributed by atoms with Crippen molar-refractivity contribution in [1.29, 1.82) is 0 Å². The summed E-state index contributed by atoms with van der Waals surface area (Å²) in [6, 6.07) is 0. The van der Waals surface area contributed by atoms with Crippen LogP contribution in [0.3, 0.4) is 0 Å². The van der Waals surface area contributed by atoms with Crippen molar-refractivity contribution in [2.45, 2.75) is 36.0 Å². The van der Waals surface area contributed by atoms with Gasteiger partial charge >= 0.3 is 0 Å². The Balaban J connectivity index is 2.01. The summed E-state index contributed by atoms with van der Waals surface area (Å²) in [5.41, 5.74) is 0.0446. The van der Waals surface area contributed by atoms with Gasteiger partial charge in [-0.1, -0.05) is 24.3 Å². The molecule has 3 rings (SSSR count). The second-order valence-electron chi connectivity index (χ2n) is 4.40. The molecule has 1 nitrogen and oxygen atoms in total. The minimum Gasteiger partial charge on any atom is -0.369 e. The number of allylic oxidation sites excluding steroid dienone is 2. The second-order valence-corrected chi connectivity index (χ2v) is 5.83. The Bertz CT molecular complexity index is 251. The number of hydrogen-bond donors (Lipinski definition) is 0. The highest BCUT2D eigenvalue weighted by molar-refractivity contribution is 8.01. The lowest BCUT2D eigenvalue weighted by Gasteiger charge is -2.42. The molecule has 2 fully saturated rings. The van der Waals surface area contributed by atoms with E-state index in [0.717, 1.165) is 6.61 Å². The van der Waals surface area contributed by atoms with Crippen LogP contribution in [-0.4, -0.2) is 22.7 Å². The molecule has 0 saturated carbocycles. The number of thioether (sulfide) groups is 1. The summed E-state index contributed by atoms with van der Waals surface area (Å²) in [6.45, 7) is 0.945. The number of ether oxygens (including phenoxy) is 1. The lowest BCUT2D eigenvalue weighted by atomic mass is 9.78. The fourth-order valence-electron chi connectivity index (χ4n) is 2.96.